The van der Waals surface area contributed by atoms with Crippen LogP contribution in [-0.4, -0.2) is 26.3 Å². The van der Waals surface area contributed by atoms with Gasteiger partial charge in [0.2, 0.25) is 5.91 Å². The van der Waals surface area contributed by atoms with Crippen LogP contribution < -0.4 is 5.32 Å². The van der Waals surface area contributed by atoms with Crippen molar-refractivity contribution in [2.75, 3.05) is 11.1 Å². The summed E-state index contributed by atoms with van der Waals surface area (Å²) in [6.07, 6.45) is 0. The molecule has 0 aliphatic heterocycles. The Hall–Kier alpha value is -2.28. The van der Waals surface area contributed by atoms with Crippen molar-refractivity contribution >= 4 is 63.1 Å². The molecule has 0 fully saturated rings. The molecule has 0 unspecified atom stereocenters. The van der Waals surface area contributed by atoms with Crippen molar-refractivity contribution in [2.45, 2.75) is 19.0 Å². The summed E-state index contributed by atoms with van der Waals surface area (Å²) in [5.41, 5.74) is 4.48. The Morgan fingerprint density at radius 1 is 1.14 bits per heavy atom. The molecule has 8 heteroatoms. The number of fused-ring (bicyclic) bond motifs is 3. The van der Waals surface area contributed by atoms with Crippen LogP contribution in [0.15, 0.2) is 47.6 Å². The molecule has 4 rings (SSSR count). The second-order valence-electron chi connectivity index (χ2n) is 6.47. The lowest BCUT2D eigenvalue weighted by molar-refractivity contribution is -0.113. The quantitative estimate of drug-likeness (QED) is 0.431. The molecule has 0 spiro atoms. The zero-order valence-corrected chi connectivity index (χ0v) is 17.5. The minimum atomic E-state index is -0.195. The summed E-state index contributed by atoms with van der Waals surface area (Å²) in [7, 11) is 0. The average Bonchev–Trinajstić information content (AvgIpc) is 3.10. The molecule has 2 aromatic heterocycles. The molecule has 2 aromatic carbocycles. The van der Waals surface area contributed by atoms with E-state index in [9.17, 15) is 4.79 Å². The van der Waals surface area contributed by atoms with Crippen molar-refractivity contribution in [1.29, 1.82) is 0 Å². The molecule has 142 valence electrons. The smallest absolute Gasteiger partial charge is 0.234 e. The molecule has 1 amide bonds. The Labute approximate surface area is 176 Å². The molecule has 28 heavy (non-hydrogen) atoms. The third-order valence-corrected chi connectivity index (χ3v) is 6.09. The molecule has 0 aliphatic rings. The van der Waals surface area contributed by atoms with Crippen LogP contribution in [0, 0.1) is 13.8 Å². The number of carbonyl (C=O) groups is 1. The van der Waals surface area contributed by atoms with Crippen LogP contribution in [0.1, 0.15) is 11.1 Å². The van der Waals surface area contributed by atoms with Crippen molar-refractivity contribution in [2.24, 2.45) is 0 Å². The number of hydrogen-bond acceptors (Lipinski definition) is 4. The van der Waals surface area contributed by atoms with Gasteiger partial charge in [-0.3, -0.25) is 9.20 Å². The zero-order valence-electron chi connectivity index (χ0n) is 15.2. The predicted molar refractivity (Wildman–Crippen MR) is 116 cm³/mol. The number of pyridine rings is 1. The van der Waals surface area contributed by atoms with Gasteiger partial charge in [-0.1, -0.05) is 53.2 Å². The Morgan fingerprint density at radius 2 is 1.96 bits per heavy atom. The van der Waals surface area contributed by atoms with E-state index < -0.39 is 0 Å². The van der Waals surface area contributed by atoms with Gasteiger partial charge in [-0.25, -0.2) is 0 Å². The summed E-state index contributed by atoms with van der Waals surface area (Å²) in [4.78, 5) is 12.4. The van der Waals surface area contributed by atoms with Crippen molar-refractivity contribution in [1.82, 2.24) is 14.6 Å². The molecular formula is C20H16Cl2N4OS. The fraction of sp³-hybridized carbons (Fsp3) is 0.150. The molecule has 0 bridgehead atoms. The highest BCUT2D eigenvalue weighted by Gasteiger charge is 2.15. The molecule has 0 radical (unpaired) electrons. The molecule has 0 saturated carbocycles. The number of aryl methyl sites for hydroxylation is 2. The van der Waals surface area contributed by atoms with E-state index in [1.807, 2.05) is 18.2 Å². The number of hydrogen-bond donors (Lipinski definition) is 1. The number of nitrogens with zero attached hydrogens (tertiary/aromatic N) is 3. The first-order valence-electron chi connectivity index (χ1n) is 8.56. The highest BCUT2D eigenvalue weighted by Crippen LogP contribution is 2.30. The van der Waals surface area contributed by atoms with Gasteiger partial charge in [0.25, 0.3) is 0 Å². The molecule has 0 atom stereocenters. The zero-order chi connectivity index (χ0) is 19.8. The first kappa shape index (κ1) is 19.1. The maximum atomic E-state index is 12.4. The highest BCUT2D eigenvalue weighted by molar-refractivity contribution is 7.99. The normalized spacial score (nSPS) is 11.3. The lowest BCUT2D eigenvalue weighted by atomic mass is 10.1. The van der Waals surface area contributed by atoms with Crippen molar-refractivity contribution in [3.63, 3.8) is 0 Å². The molecule has 4 aromatic rings. The van der Waals surface area contributed by atoms with E-state index in [2.05, 4.69) is 39.8 Å². The van der Waals surface area contributed by atoms with E-state index in [0.29, 0.717) is 20.9 Å². The van der Waals surface area contributed by atoms with Gasteiger partial charge in [0.1, 0.15) is 0 Å². The third kappa shape index (κ3) is 3.55. The minimum absolute atomic E-state index is 0.172. The molecule has 0 aliphatic carbocycles. The second kappa shape index (κ2) is 7.62. The summed E-state index contributed by atoms with van der Waals surface area (Å²) in [6, 6.07) is 13.5. The fourth-order valence-electron chi connectivity index (χ4n) is 3.02. The predicted octanol–water partition coefficient (Wildman–Crippen LogP) is 5.54. The number of carbonyl (C=O) groups excluding carboxylic acids is 1. The number of benzene rings is 2. The average molecular weight is 431 g/mol. The van der Waals surface area contributed by atoms with E-state index >= 15 is 0 Å². The number of anilines is 1. The van der Waals surface area contributed by atoms with Crippen molar-refractivity contribution in [3.8, 4) is 0 Å². The minimum Gasteiger partial charge on any atom is -0.324 e. The van der Waals surface area contributed by atoms with Gasteiger partial charge < -0.3 is 5.32 Å². The largest absolute Gasteiger partial charge is 0.324 e. The first-order chi connectivity index (χ1) is 13.4. The third-order valence-electron chi connectivity index (χ3n) is 4.34. The number of halogens is 2. The van der Waals surface area contributed by atoms with Crippen LogP contribution in [-0.2, 0) is 4.79 Å². The summed E-state index contributed by atoms with van der Waals surface area (Å²) in [5.74, 6) is -0.0238. The van der Waals surface area contributed by atoms with Crippen LogP contribution in [0.2, 0.25) is 10.0 Å². The maximum absolute atomic E-state index is 12.4. The Balaban J connectivity index is 1.61. The van der Waals surface area contributed by atoms with Crippen LogP contribution in [0.3, 0.4) is 0 Å². The van der Waals surface area contributed by atoms with Crippen LogP contribution in [0.5, 0.6) is 0 Å². The number of aromatic nitrogens is 3. The maximum Gasteiger partial charge on any atom is 0.234 e. The number of rotatable bonds is 4. The summed E-state index contributed by atoms with van der Waals surface area (Å²) in [6.45, 7) is 4.05. The number of thioether (sulfide) groups is 1. The SMILES string of the molecule is Cc1ccc2cc(C)c3nnc(SCC(=O)Nc4cccc(Cl)c4Cl)n3c2c1. The molecule has 2 heterocycles. The first-order valence-corrected chi connectivity index (χ1v) is 10.3. The Morgan fingerprint density at radius 3 is 2.79 bits per heavy atom. The lowest BCUT2D eigenvalue weighted by Crippen LogP contribution is -2.14. The van der Waals surface area contributed by atoms with Crippen LogP contribution in [0.4, 0.5) is 5.69 Å². The summed E-state index contributed by atoms with van der Waals surface area (Å²) < 4.78 is 2.00. The van der Waals surface area contributed by atoms with Gasteiger partial charge in [-0.05, 0) is 54.6 Å². The molecule has 5 nitrogen and oxygen atoms in total. The molecular weight excluding hydrogens is 415 g/mol. The monoisotopic (exact) mass is 430 g/mol. The van der Waals surface area contributed by atoms with E-state index in [4.69, 9.17) is 23.2 Å². The second-order valence-corrected chi connectivity index (χ2v) is 8.20. The van der Waals surface area contributed by atoms with Gasteiger partial charge in [0, 0.05) is 0 Å². The highest BCUT2D eigenvalue weighted by atomic mass is 35.5. The van der Waals surface area contributed by atoms with Crippen LogP contribution in [0.25, 0.3) is 16.6 Å². The summed E-state index contributed by atoms with van der Waals surface area (Å²) in [5, 5.41) is 13.9. The number of nitrogens with one attached hydrogen (secondary N) is 1. The fourth-order valence-corrected chi connectivity index (χ4v) is 4.11. The number of amides is 1. The van der Waals surface area contributed by atoms with Gasteiger partial charge in [0.15, 0.2) is 10.8 Å². The Bertz CT molecular complexity index is 1220. The van der Waals surface area contributed by atoms with Crippen LogP contribution >= 0.6 is 35.0 Å². The summed E-state index contributed by atoms with van der Waals surface area (Å²) >= 11 is 13.5. The van der Waals surface area contributed by atoms with E-state index in [1.165, 1.54) is 11.8 Å². The topological polar surface area (TPSA) is 59.3 Å². The van der Waals surface area contributed by atoms with Gasteiger partial charge in [-0.15, -0.1) is 10.2 Å². The van der Waals surface area contributed by atoms with Gasteiger partial charge in [-0.2, -0.15) is 0 Å². The van der Waals surface area contributed by atoms with E-state index in [-0.39, 0.29) is 11.7 Å². The molecule has 1 N–H and O–H groups in total. The van der Waals surface area contributed by atoms with Crippen molar-refractivity contribution < 1.29 is 4.79 Å². The standard InChI is InChI=1S/C20H16Cl2N4OS/c1-11-6-7-13-9-12(2)19-24-25-20(26(19)16(13)8-11)28-10-17(27)23-15-5-3-4-14(21)18(15)22/h3-9H,10H2,1-2H3,(H,23,27). The van der Waals surface area contributed by atoms with E-state index in [1.54, 1.807) is 18.2 Å². The van der Waals surface area contributed by atoms with Gasteiger partial charge >= 0.3 is 0 Å². The molecule has 0 saturated heterocycles. The van der Waals surface area contributed by atoms with E-state index in [0.717, 1.165) is 27.7 Å². The van der Waals surface area contributed by atoms with Crippen molar-refractivity contribution in [3.05, 3.63) is 63.6 Å². The lowest BCUT2D eigenvalue weighted by Gasteiger charge is -2.09. The Kier molecular flexibility index (Phi) is 5.19. The van der Waals surface area contributed by atoms with Gasteiger partial charge in [0.05, 0.1) is 27.0 Å².